The van der Waals surface area contributed by atoms with E-state index in [0.29, 0.717) is 12.1 Å². The highest BCUT2D eigenvalue weighted by Gasteiger charge is 2.06. The Bertz CT molecular complexity index is 542. The standard InChI is InChI=1S/C14H20N2O2/c1-2-3-6-9-15-10-11-16-12-7-4-5-8-13(12)18-14(16)17/h4-5,7-8,15H,2-3,6,9-11H2,1H3. The van der Waals surface area contributed by atoms with E-state index in [1.807, 2.05) is 24.3 Å². The van der Waals surface area contributed by atoms with Crippen molar-refractivity contribution in [2.75, 3.05) is 13.1 Å². The van der Waals surface area contributed by atoms with Crippen LogP contribution in [0.15, 0.2) is 33.5 Å². The van der Waals surface area contributed by atoms with Gasteiger partial charge < -0.3 is 9.73 Å². The SMILES string of the molecule is CCCCCNCCn1c(=O)oc2ccccc21. The van der Waals surface area contributed by atoms with Gasteiger partial charge in [0.05, 0.1) is 5.52 Å². The summed E-state index contributed by atoms with van der Waals surface area (Å²) < 4.78 is 6.86. The third-order valence-electron chi connectivity index (χ3n) is 3.04. The number of rotatable bonds is 7. The zero-order valence-electron chi connectivity index (χ0n) is 10.8. The maximum absolute atomic E-state index is 11.7. The van der Waals surface area contributed by atoms with E-state index in [-0.39, 0.29) is 5.76 Å². The molecule has 1 heterocycles. The molecule has 0 aliphatic rings. The van der Waals surface area contributed by atoms with Crippen LogP contribution in [0.1, 0.15) is 26.2 Å². The summed E-state index contributed by atoms with van der Waals surface area (Å²) in [4.78, 5) is 11.7. The summed E-state index contributed by atoms with van der Waals surface area (Å²) in [5.41, 5.74) is 1.53. The molecule has 0 fully saturated rings. The molecule has 0 saturated carbocycles. The van der Waals surface area contributed by atoms with Crippen LogP contribution in [0, 0.1) is 0 Å². The second kappa shape index (κ2) is 6.40. The van der Waals surface area contributed by atoms with Crippen molar-refractivity contribution in [3.8, 4) is 0 Å². The summed E-state index contributed by atoms with van der Waals surface area (Å²) in [6.07, 6.45) is 3.67. The molecular formula is C14H20N2O2. The molecule has 2 aromatic rings. The van der Waals surface area contributed by atoms with Crippen molar-refractivity contribution in [1.82, 2.24) is 9.88 Å². The molecule has 1 aromatic heterocycles. The Balaban J connectivity index is 1.91. The summed E-state index contributed by atoms with van der Waals surface area (Å²) in [5, 5.41) is 3.35. The Hall–Kier alpha value is -1.55. The average Bonchev–Trinajstić information content (AvgIpc) is 2.70. The van der Waals surface area contributed by atoms with Crippen molar-refractivity contribution in [1.29, 1.82) is 0 Å². The van der Waals surface area contributed by atoms with E-state index in [1.165, 1.54) is 19.3 Å². The second-order valence-corrected chi connectivity index (χ2v) is 4.44. The highest BCUT2D eigenvalue weighted by Crippen LogP contribution is 2.10. The van der Waals surface area contributed by atoms with E-state index in [4.69, 9.17) is 4.42 Å². The van der Waals surface area contributed by atoms with Crippen LogP contribution in [0.5, 0.6) is 0 Å². The number of aromatic nitrogens is 1. The minimum atomic E-state index is -0.272. The molecule has 0 amide bonds. The molecule has 0 aliphatic carbocycles. The van der Waals surface area contributed by atoms with Gasteiger partial charge in [-0.1, -0.05) is 31.9 Å². The second-order valence-electron chi connectivity index (χ2n) is 4.44. The van der Waals surface area contributed by atoms with Gasteiger partial charge in [-0.2, -0.15) is 0 Å². The first-order valence-corrected chi connectivity index (χ1v) is 6.62. The molecule has 98 valence electrons. The predicted molar refractivity (Wildman–Crippen MR) is 72.9 cm³/mol. The van der Waals surface area contributed by atoms with E-state index in [9.17, 15) is 4.79 Å². The molecule has 1 N–H and O–H groups in total. The lowest BCUT2D eigenvalue weighted by Gasteiger charge is -2.04. The van der Waals surface area contributed by atoms with Gasteiger partial charge in [0.1, 0.15) is 0 Å². The average molecular weight is 248 g/mol. The summed E-state index contributed by atoms with van der Waals surface area (Å²) in [6.45, 7) is 4.66. The van der Waals surface area contributed by atoms with Crippen LogP contribution in [0.2, 0.25) is 0 Å². The molecule has 4 nitrogen and oxygen atoms in total. The maximum atomic E-state index is 11.7. The predicted octanol–water partition coefficient (Wildman–Crippen LogP) is 2.37. The lowest BCUT2D eigenvalue weighted by Crippen LogP contribution is -2.25. The van der Waals surface area contributed by atoms with Gasteiger partial charge in [-0.05, 0) is 25.1 Å². The minimum Gasteiger partial charge on any atom is -0.408 e. The summed E-state index contributed by atoms with van der Waals surface area (Å²) in [5.74, 6) is -0.272. The molecule has 0 unspecified atom stereocenters. The van der Waals surface area contributed by atoms with Crippen LogP contribution in [-0.2, 0) is 6.54 Å². The highest BCUT2D eigenvalue weighted by atomic mass is 16.4. The molecular weight excluding hydrogens is 228 g/mol. The molecule has 4 heteroatoms. The van der Waals surface area contributed by atoms with Crippen molar-refractivity contribution >= 4 is 11.1 Å². The third kappa shape index (κ3) is 3.01. The summed E-state index contributed by atoms with van der Waals surface area (Å²) in [7, 11) is 0. The number of nitrogens with zero attached hydrogens (tertiary/aromatic N) is 1. The zero-order chi connectivity index (χ0) is 12.8. The van der Waals surface area contributed by atoms with Gasteiger partial charge in [0.25, 0.3) is 0 Å². The van der Waals surface area contributed by atoms with Gasteiger partial charge in [-0.3, -0.25) is 4.57 Å². The van der Waals surface area contributed by atoms with Crippen molar-refractivity contribution in [3.05, 3.63) is 34.8 Å². The number of oxazole rings is 1. The van der Waals surface area contributed by atoms with Crippen molar-refractivity contribution in [3.63, 3.8) is 0 Å². The molecule has 0 radical (unpaired) electrons. The Morgan fingerprint density at radius 2 is 2.06 bits per heavy atom. The van der Waals surface area contributed by atoms with Crippen LogP contribution in [-0.4, -0.2) is 17.7 Å². The van der Waals surface area contributed by atoms with Gasteiger partial charge in [-0.25, -0.2) is 4.79 Å². The first kappa shape index (κ1) is 12.9. The van der Waals surface area contributed by atoms with Crippen LogP contribution < -0.4 is 11.1 Å². The summed E-state index contributed by atoms with van der Waals surface area (Å²) >= 11 is 0. The molecule has 0 aliphatic heterocycles. The van der Waals surface area contributed by atoms with Gasteiger partial charge >= 0.3 is 5.76 Å². The Labute approximate surface area is 107 Å². The Morgan fingerprint density at radius 3 is 2.89 bits per heavy atom. The fourth-order valence-corrected chi connectivity index (χ4v) is 2.04. The van der Waals surface area contributed by atoms with Gasteiger partial charge in [0, 0.05) is 13.1 Å². The maximum Gasteiger partial charge on any atom is 0.419 e. The third-order valence-corrected chi connectivity index (χ3v) is 3.04. The largest absolute Gasteiger partial charge is 0.419 e. The van der Waals surface area contributed by atoms with Crippen LogP contribution >= 0.6 is 0 Å². The first-order chi connectivity index (χ1) is 8.83. The van der Waals surface area contributed by atoms with Crippen LogP contribution in [0.4, 0.5) is 0 Å². The Morgan fingerprint density at radius 1 is 1.22 bits per heavy atom. The van der Waals surface area contributed by atoms with Gasteiger partial charge in [-0.15, -0.1) is 0 Å². The van der Waals surface area contributed by atoms with E-state index in [2.05, 4.69) is 12.2 Å². The Kier molecular flexibility index (Phi) is 4.59. The monoisotopic (exact) mass is 248 g/mol. The quantitative estimate of drug-likeness (QED) is 0.765. The number of hydrogen-bond donors (Lipinski definition) is 1. The fraction of sp³-hybridized carbons (Fsp3) is 0.500. The minimum absolute atomic E-state index is 0.272. The number of para-hydroxylation sites is 2. The normalized spacial score (nSPS) is 11.2. The molecule has 0 saturated heterocycles. The van der Waals surface area contributed by atoms with Crippen LogP contribution in [0.25, 0.3) is 11.1 Å². The molecule has 0 bridgehead atoms. The van der Waals surface area contributed by atoms with Crippen LogP contribution in [0.3, 0.4) is 0 Å². The lowest BCUT2D eigenvalue weighted by atomic mass is 10.2. The number of unbranched alkanes of at least 4 members (excludes halogenated alkanes) is 2. The molecule has 0 spiro atoms. The van der Waals surface area contributed by atoms with E-state index in [1.54, 1.807) is 4.57 Å². The lowest BCUT2D eigenvalue weighted by molar-refractivity contribution is 0.491. The number of benzene rings is 1. The summed E-state index contributed by atoms with van der Waals surface area (Å²) in [6, 6.07) is 7.53. The van der Waals surface area contributed by atoms with Crippen molar-refractivity contribution in [2.24, 2.45) is 0 Å². The first-order valence-electron chi connectivity index (χ1n) is 6.62. The van der Waals surface area contributed by atoms with Gasteiger partial charge in [0.15, 0.2) is 5.58 Å². The van der Waals surface area contributed by atoms with E-state index in [0.717, 1.165) is 18.6 Å². The van der Waals surface area contributed by atoms with Gasteiger partial charge in [0.2, 0.25) is 0 Å². The van der Waals surface area contributed by atoms with Crippen molar-refractivity contribution in [2.45, 2.75) is 32.7 Å². The molecule has 18 heavy (non-hydrogen) atoms. The van der Waals surface area contributed by atoms with Crippen molar-refractivity contribution < 1.29 is 4.42 Å². The molecule has 1 aromatic carbocycles. The number of hydrogen-bond acceptors (Lipinski definition) is 3. The van der Waals surface area contributed by atoms with E-state index < -0.39 is 0 Å². The smallest absolute Gasteiger partial charge is 0.408 e. The zero-order valence-corrected chi connectivity index (χ0v) is 10.8. The topological polar surface area (TPSA) is 47.2 Å². The number of fused-ring (bicyclic) bond motifs is 1. The molecule has 0 atom stereocenters. The van der Waals surface area contributed by atoms with E-state index >= 15 is 0 Å². The molecule has 2 rings (SSSR count). The fourth-order valence-electron chi connectivity index (χ4n) is 2.04. The highest BCUT2D eigenvalue weighted by molar-refractivity contribution is 5.72. The number of nitrogens with one attached hydrogen (secondary N) is 1.